The van der Waals surface area contributed by atoms with E-state index in [0.29, 0.717) is 11.5 Å². The molecule has 1 aliphatic heterocycles. The normalized spacial score (nSPS) is 24.0. The van der Waals surface area contributed by atoms with Crippen molar-refractivity contribution in [2.24, 2.45) is 5.92 Å². The highest BCUT2D eigenvalue weighted by Crippen LogP contribution is 2.49. The molecule has 1 N–H and O–H groups in total. The van der Waals surface area contributed by atoms with Gasteiger partial charge in [0.1, 0.15) is 5.82 Å². The maximum atomic E-state index is 13.6. The third-order valence-corrected chi connectivity index (χ3v) is 4.99. The topological polar surface area (TPSA) is 38.3 Å². The zero-order valence-electron chi connectivity index (χ0n) is 13.3. The van der Waals surface area contributed by atoms with E-state index in [4.69, 9.17) is 4.74 Å². The molecule has 24 heavy (non-hydrogen) atoms. The lowest BCUT2D eigenvalue weighted by molar-refractivity contribution is 0.0600. The molecule has 2 aromatic carbocycles. The molecule has 0 unspecified atom stereocenters. The fourth-order valence-electron chi connectivity index (χ4n) is 3.87. The van der Waals surface area contributed by atoms with Crippen LogP contribution >= 0.6 is 0 Å². The molecule has 2 aromatic rings. The average molecular weight is 323 g/mol. The van der Waals surface area contributed by atoms with E-state index in [1.54, 1.807) is 18.2 Å². The predicted octanol–water partition coefficient (Wildman–Crippen LogP) is 4.44. The number of halogens is 1. The summed E-state index contributed by atoms with van der Waals surface area (Å²) >= 11 is 0. The fraction of sp³-hybridized carbons (Fsp3) is 0.250. The first-order valence-corrected chi connectivity index (χ1v) is 8.08. The Hall–Kier alpha value is -2.62. The van der Waals surface area contributed by atoms with Crippen LogP contribution in [-0.4, -0.2) is 13.1 Å². The number of allylic oxidation sites excluding steroid dienone is 2. The zero-order valence-corrected chi connectivity index (χ0v) is 13.3. The number of rotatable bonds is 2. The van der Waals surface area contributed by atoms with E-state index < -0.39 is 0 Å². The van der Waals surface area contributed by atoms with Crippen LogP contribution in [0.3, 0.4) is 0 Å². The molecule has 2 aliphatic rings. The van der Waals surface area contributed by atoms with Gasteiger partial charge >= 0.3 is 5.97 Å². The summed E-state index contributed by atoms with van der Waals surface area (Å²) in [5.41, 5.74) is 3.60. The minimum Gasteiger partial charge on any atom is -0.465 e. The number of benzene rings is 2. The predicted molar refractivity (Wildman–Crippen MR) is 90.5 cm³/mol. The van der Waals surface area contributed by atoms with Crippen molar-refractivity contribution < 1.29 is 13.9 Å². The van der Waals surface area contributed by atoms with Crippen LogP contribution in [0.2, 0.25) is 0 Å². The summed E-state index contributed by atoms with van der Waals surface area (Å²) in [6, 6.07) is 12.4. The number of hydrogen-bond acceptors (Lipinski definition) is 3. The van der Waals surface area contributed by atoms with E-state index in [1.807, 2.05) is 18.2 Å². The summed E-state index contributed by atoms with van der Waals surface area (Å²) in [4.78, 5) is 11.8. The summed E-state index contributed by atoms with van der Waals surface area (Å²) in [5.74, 6) is -0.0152. The lowest BCUT2D eigenvalue weighted by Crippen LogP contribution is -2.29. The quantitative estimate of drug-likeness (QED) is 0.656. The molecule has 1 heterocycles. The molecule has 0 amide bonds. The van der Waals surface area contributed by atoms with Crippen LogP contribution in [0.25, 0.3) is 0 Å². The van der Waals surface area contributed by atoms with Gasteiger partial charge < -0.3 is 10.1 Å². The second kappa shape index (κ2) is 5.78. The Morgan fingerprint density at radius 2 is 2.12 bits per heavy atom. The van der Waals surface area contributed by atoms with Gasteiger partial charge in [0.25, 0.3) is 0 Å². The van der Waals surface area contributed by atoms with Gasteiger partial charge in [-0.25, -0.2) is 9.18 Å². The van der Waals surface area contributed by atoms with Crippen LogP contribution in [0.5, 0.6) is 0 Å². The first-order valence-electron chi connectivity index (χ1n) is 8.08. The number of anilines is 1. The van der Waals surface area contributed by atoms with Gasteiger partial charge in [-0.3, -0.25) is 0 Å². The molecule has 1 aliphatic carbocycles. The molecule has 0 saturated carbocycles. The lowest BCUT2D eigenvalue weighted by Gasteiger charge is -2.37. The Labute approximate surface area is 140 Å². The number of nitrogens with one attached hydrogen (secondary N) is 1. The van der Waals surface area contributed by atoms with Crippen molar-refractivity contribution >= 4 is 11.7 Å². The number of ether oxygens (including phenoxy) is 1. The molecular weight excluding hydrogens is 305 g/mol. The third-order valence-electron chi connectivity index (χ3n) is 4.99. The third kappa shape index (κ3) is 2.39. The van der Waals surface area contributed by atoms with Crippen molar-refractivity contribution in [1.82, 2.24) is 0 Å². The lowest BCUT2D eigenvalue weighted by atomic mass is 9.76. The molecule has 4 rings (SSSR count). The molecular formula is C20H18FNO2. The van der Waals surface area contributed by atoms with E-state index in [9.17, 15) is 9.18 Å². The fourth-order valence-corrected chi connectivity index (χ4v) is 3.87. The van der Waals surface area contributed by atoms with Crippen LogP contribution in [0.1, 0.15) is 39.9 Å². The number of carbonyl (C=O) groups is 1. The molecule has 3 nitrogen and oxygen atoms in total. The molecule has 0 fully saturated rings. The van der Waals surface area contributed by atoms with Gasteiger partial charge in [0.2, 0.25) is 0 Å². The van der Waals surface area contributed by atoms with Crippen molar-refractivity contribution in [1.29, 1.82) is 0 Å². The van der Waals surface area contributed by atoms with Crippen LogP contribution in [-0.2, 0) is 4.74 Å². The number of fused-ring (bicyclic) bond motifs is 3. The highest BCUT2D eigenvalue weighted by Gasteiger charge is 2.38. The molecule has 4 heteroatoms. The summed E-state index contributed by atoms with van der Waals surface area (Å²) in [5, 5.41) is 3.54. The van der Waals surface area contributed by atoms with E-state index >= 15 is 0 Å². The minimum absolute atomic E-state index is 0.0529. The van der Waals surface area contributed by atoms with Gasteiger partial charge in [-0.15, -0.1) is 0 Å². The van der Waals surface area contributed by atoms with Crippen molar-refractivity contribution in [2.75, 3.05) is 12.4 Å². The van der Waals surface area contributed by atoms with E-state index in [1.165, 1.54) is 13.2 Å². The zero-order chi connectivity index (χ0) is 16.7. The monoisotopic (exact) mass is 323 g/mol. The number of hydrogen-bond donors (Lipinski definition) is 1. The summed E-state index contributed by atoms with van der Waals surface area (Å²) in [6.45, 7) is 0. The largest absolute Gasteiger partial charge is 0.465 e. The Kier molecular flexibility index (Phi) is 3.60. The van der Waals surface area contributed by atoms with Crippen molar-refractivity contribution in [2.45, 2.75) is 18.4 Å². The molecule has 0 radical (unpaired) electrons. The summed E-state index contributed by atoms with van der Waals surface area (Å²) in [6.07, 6.45) is 5.29. The number of methoxy groups -OCH3 is 1. The van der Waals surface area contributed by atoms with Gasteiger partial charge in [0.15, 0.2) is 0 Å². The van der Waals surface area contributed by atoms with Gasteiger partial charge in [0.05, 0.1) is 18.7 Å². The van der Waals surface area contributed by atoms with Gasteiger partial charge in [-0.2, -0.15) is 0 Å². The van der Waals surface area contributed by atoms with Gasteiger partial charge in [0, 0.05) is 11.6 Å². The van der Waals surface area contributed by atoms with Crippen LogP contribution in [0.15, 0.2) is 54.6 Å². The maximum absolute atomic E-state index is 13.6. The summed E-state index contributed by atoms with van der Waals surface area (Å²) in [7, 11) is 1.39. The Morgan fingerprint density at radius 3 is 2.92 bits per heavy atom. The standard InChI is InChI=1S/C20H18FNO2/c1-24-20(23)13-8-9-18-17(11-13)15-6-3-7-16(15)19(22-18)12-4-2-5-14(21)10-12/h2-6,8-11,15-16,19,22H,7H2,1H3/t15-,16+,19-/m1/s1. The smallest absolute Gasteiger partial charge is 0.337 e. The van der Waals surface area contributed by atoms with Crippen molar-refractivity contribution in [3.8, 4) is 0 Å². The van der Waals surface area contributed by atoms with Crippen LogP contribution in [0, 0.1) is 11.7 Å². The van der Waals surface area contributed by atoms with E-state index in [-0.39, 0.29) is 23.7 Å². The second-order valence-corrected chi connectivity index (χ2v) is 6.32. The second-order valence-electron chi connectivity index (χ2n) is 6.32. The molecule has 0 saturated heterocycles. The maximum Gasteiger partial charge on any atom is 0.337 e. The molecule has 3 atom stereocenters. The molecule has 0 bridgehead atoms. The van der Waals surface area contributed by atoms with E-state index in [0.717, 1.165) is 23.2 Å². The number of carbonyl (C=O) groups excluding carboxylic acids is 1. The molecule has 122 valence electrons. The first-order chi connectivity index (χ1) is 11.7. The van der Waals surface area contributed by atoms with Gasteiger partial charge in [-0.05, 0) is 53.8 Å². The Bertz CT molecular complexity index is 830. The average Bonchev–Trinajstić information content (AvgIpc) is 3.10. The molecule has 0 aromatic heterocycles. The van der Waals surface area contributed by atoms with E-state index in [2.05, 4.69) is 17.5 Å². The number of esters is 1. The molecule has 0 spiro atoms. The highest BCUT2D eigenvalue weighted by molar-refractivity contribution is 5.90. The minimum atomic E-state index is -0.330. The van der Waals surface area contributed by atoms with Crippen molar-refractivity contribution in [3.05, 3.63) is 77.1 Å². The highest BCUT2D eigenvalue weighted by atomic mass is 19.1. The SMILES string of the molecule is COC(=O)c1ccc2c(c1)[C@@H]1C=CC[C@@H]1[C@@H](c1cccc(F)c1)N2. The van der Waals surface area contributed by atoms with Crippen LogP contribution < -0.4 is 5.32 Å². The van der Waals surface area contributed by atoms with Gasteiger partial charge in [-0.1, -0.05) is 24.3 Å². The van der Waals surface area contributed by atoms with Crippen LogP contribution in [0.4, 0.5) is 10.1 Å². The Balaban J connectivity index is 1.76. The first kappa shape index (κ1) is 14.9. The summed E-state index contributed by atoms with van der Waals surface area (Å²) < 4.78 is 18.5. The van der Waals surface area contributed by atoms with Crippen molar-refractivity contribution in [3.63, 3.8) is 0 Å². The Morgan fingerprint density at radius 1 is 1.25 bits per heavy atom.